The average molecular weight is 383 g/mol. The first-order valence-corrected chi connectivity index (χ1v) is 8.15. The minimum Gasteiger partial charge on any atom is -0.478 e. The van der Waals surface area contributed by atoms with Crippen LogP contribution in [0, 0.1) is 12.3 Å². The van der Waals surface area contributed by atoms with Gasteiger partial charge in [-0.3, -0.25) is 9.25 Å². The number of halogens is 3. The number of alkyl halides is 3. The van der Waals surface area contributed by atoms with Crippen molar-refractivity contribution in [3.63, 3.8) is 0 Å². The maximum atomic E-state index is 12.9. The number of benzene rings is 2. The van der Waals surface area contributed by atoms with Gasteiger partial charge in [-0.25, -0.2) is 4.79 Å². The SMILES string of the molecule is C#CCn1cc2c3cc(C(=O)O)ccc3n(-c3ccc(C(F)(F)F)cc3)c2n1. The molecule has 0 unspecified atom stereocenters. The highest BCUT2D eigenvalue weighted by Gasteiger charge is 2.30. The van der Waals surface area contributed by atoms with E-state index in [4.69, 9.17) is 6.42 Å². The lowest BCUT2D eigenvalue weighted by molar-refractivity contribution is -0.137. The zero-order chi connectivity index (χ0) is 20.1. The molecule has 0 saturated carbocycles. The number of carboxylic acids is 1. The van der Waals surface area contributed by atoms with Crippen molar-refractivity contribution in [2.45, 2.75) is 12.7 Å². The van der Waals surface area contributed by atoms with E-state index in [1.54, 1.807) is 16.8 Å². The highest BCUT2D eigenvalue weighted by atomic mass is 19.4. The Morgan fingerprint density at radius 3 is 2.46 bits per heavy atom. The molecule has 28 heavy (non-hydrogen) atoms. The summed E-state index contributed by atoms with van der Waals surface area (Å²) in [6.45, 7) is 0.210. The smallest absolute Gasteiger partial charge is 0.416 e. The van der Waals surface area contributed by atoms with Gasteiger partial charge in [-0.1, -0.05) is 5.92 Å². The number of fused-ring (bicyclic) bond motifs is 3. The third-order valence-corrected chi connectivity index (χ3v) is 4.43. The normalized spacial score (nSPS) is 11.8. The molecular weight excluding hydrogens is 371 g/mol. The molecule has 8 heteroatoms. The lowest BCUT2D eigenvalue weighted by Crippen LogP contribution is -2.05. The topological polar surface area (TPSA) is 60.1 Å². The van der Waals surface area contributed by atoms with Gasteiger partial charge in [-0.15, -0.1) is 6.42 Å². The number of aromatic nitrogens is 3. The van der Waals surface area contributed by atoms with Crippen molar-refractivity contribution in [2.24, 2.45) is 0 Å². The Bertz CT molecular complexity index is 1260. The van der Waals surface area contributed by atoms with Crippen LogP contribution in [0.4, 0.5) is 13.2 Å². The predicted octanol–water partition coefficient (Wildman–Crippen LogP) is 4.33. The van der Waals surface area contributed by atoms with Gasteiger partial charge in [0.1, 0.15) is 6.54 Å². The summed E-state index contributed by atoms with van der Waals surface area (Å²) >= 11 is 0. The minimum atomic E-state index is -4.43. The maximum Gasteiger partial charge on any atom is 0.416 e. The van der Waals surface area contributed by atoms with Gasteiger partial charge >= 0.3 is 12.1 Å². The van der Waals surface area contributed by atoms with Crippen LogP contribution in [0.5, 0.6) is 0 Å². The van der Waals surface area contributed by atoms with E-state index in [-0.39, 0.29) is 12.1 Å². The summed E-state index contributed by atoms with van der Waals surface area (Å²) in [4.78, 5) is 11.3. The Kier molecular flexibility index (Phi) is 3.89. The molecule has 4 rings (SSSR count). The van der Waals surface area contributed by atoms with Gasteiger partial charge in [0.15, 0.2) is 5.65 Å². The standard InChI is InChI=1S/C20H12F3N3O2/c1-2-9-25-11-16-15-10-12(19(27)28)3-8-17(15)26(18(16)24-25)14-6-4-13(5-7-14)20(21,22)23/h1,3-8,10-11H,9H2,(H,27,28). The molecule has 2 aromatic carbocycles. The van der Waals surface area contributed by atoms with E-state index < -0.39 is 17.7 Å². The largest absolute Gasteiger partial charge is 0.478 e. The van der Waals surface area contributed by atoms with E-state index in [1.807, 2.05) is 0 Å². The number of carbonyl (C=O) groups is 1. The first kappa shape index (κ1) is 17.7. The third kappa shape index (κ3) is 2.77. The second-order valence-corrected chi connectivity index (χ2v) is 6.19. The van der Waals surface area contributed by atoms with Gasteiger partial charge in [0.2, 0.25) is 0 Å². The Hall–Kier alpha value is -3.73. The van der Waals surface area contributed by atoms with E-state index >= 15 is 0 Å². The highest BCUT2D eigenvalue weighted by Crippen LogP contribution is 2.34. The Balaban J connectivity index is 2.00. The lowest BCUT2D eigenvalue weighted by atomic mass is 10.1. The molecule has 0 aliphatic heterocycles. The Morgan fingerprint density at radius 2 is 1.86 bits per heavy atom. The molecule has 1 N–H and O–H groups in total. The van der Waals surface area contributed by atoms with Crippen molar-refractivity contribution in [2.75, 3.05) is 0 Å². The van der Waals surface area contributed by atoms with Crippen molar-refractivity contribution < 1.29 is 23.1 Å². The zero-order valence-corrected chi connectivity index (χ0v) is 14.2. The second kappa shape index (κ2) is 6.16. The minimum absolute atomic E-state index is 0.101. The maximum absolute atomic E-state index is 12.9. The molecule has 0 saturated heterocycles. The van der Waals surface area contributed by atoms with Gasteiger partial charge < -0.3 is 5.11 Å². The number of aromatic carboxylic acids is 1. The summed E-state index contributed by atoms with van der Waals surface area (Å²) in [7, 11) is 0. The molecule has 0 amide bonds. The average Bonchev–Trinajstić information content (AvgIpc) is 3.17. The van der Waals surface area contributed by atoms with E-state index in [0.29, 0.717) is 27.6 Å². The van der Waals surface area contributed by atoms with Crippen LogP contribution in [0.15, 0.2) is 48.7 Å². The Morgan fingerprint density at radius 1 is 1.14 bits per heavy atom. The molecule has 140 valence electrons. The van der Waals surface area contributed by atoms with Gasteiger partial charge in [-0.05, 0) is 42.5 Å². The van der Waals surface area contributed by atoms with Gasteiger partial charge in [0, 0.05) is 22.7 Å². The molecule has 0 atom stereocenters. The monoisotopic (exact) mass is 383 g/mol. The molecule has 0 aliphatic carbocycles. The van der Waals surface area contributed by atoms with Crippen molar-refractivity contribution in [3.8, 4) is 18.0 Å². The fraction of sp³-hybridized carbons (Fsp3) is 0.100. The summed E-state index contributed by atoms with van der Waals surface area (Å²) < 4.78 is 41.8. The van der Waals surface area contributed by atoms with Crippen LogP contribution < -0.4 is 0 Å². The molecule has 5 nitrogen and oxygen atoms in total. The number of carboxylic acid groups (broad SMARTS) is 1. The number of terminal acetylenes is 1. The molecule has 0 fully saturated rings. The summed E-state index contributed by atoms with van der Waals surface area (Å²) in [5.41, 5.74) is 0.934. The van der Waals surface area contributed by atoms with Crippen LogP contribution >= 0.6 is 0 Å². The van der Waals surface area contributed by atoms with Gasteiger partial charge in [0.05, 0.1) is 16.6 Å². The van der Waals surface area contributed by atoms with Crippen LogP contribution in [-0.4, -0.2) is 25.4 Å². The van der Waals surface area contributed by atoms with Crippen LogP contribution in [0.2, 0.25) is 0 Å². The molecule has 2 heterocycles. The van der Waals surface area contributed by atoms with Crippen molar-refractivity contribution in [1.29, 1.82) is 0 Å². The van der Waals surface area contributed by atoms with Crippen LogP contribution in [-0.2, 0) is 12.7 Å². The van der Waals surface area contributed by atoms with Crippen molar-refractivity contribution >= 4 is 27.9 Å². The highest BCUT2D eigenvalue weighted by molar-refractivity contribution is 6.09. The van der Waals surface area contributed by atoms with Crippen molar-refractivity contribution in [3.05, 3.63) is 59.8 Å². The molecule has 2 aromatic heterocycles. The summed E-state index contributed by atoms with van der Waals surface area (Å²) in [5.74, 6) is 1.39. The van der Waals surface area contributed by atoms with E-state index in [1.165, 1.54) is 28.9 Å². The summed E-state index contributed by atoms with van der Waals surface area (Å²) in [6, 6.07) is 9.28. The molecule has 4 aromatic rings. The van der Waals surface area contributed by atoms with E-state index in [0.717, 1.165) is 12.1 Å². The summed E-state index contributed by atoms with van der Waals surface area (Å²) in [5, 5.41) is 15.0. The number of rotatable bonds is 3. The Labute approximate surface area is 156 Å². The van der Waals surface area contributed by atoms with E-state index in [9.17, 15) is 23.1 Å². The molecule has 0 spiro atoms. The first-order chi connectivity index (χ1) is 13.3. The third-order valence-electron chi connectivity index (χ3n) is 4.43. The molecular formula is C20H12F3N3O2. The van der Waals surface area contributed by atoms with Crippen LogP contribution in [0.1, 0.15) is 15.9 Å². The van der Waals surface area contributed by atoms with Gasteiger partial charge in [-0.2, -0.15) is 18.3 Å². The first-order valence-electron chi connectivity index (χ1n) is 8.15. The molecule has 0 bridgehead atoms. The quantitative estimate of drug-likeness (QED) is 0.536. The van der Waals surface area contributed by atoms with Gasteiger partial charge in [0.25, 0.3) is 0 Å². The molecule has 0 radical (unpaired) electrons. The number of hydrogen-bond acceptors (Lipinski definition) is 2. The van der Waals surface area contributed by atoms with Crippen LogP contribution in [0.3, 0.4) is 0 Å². The number of nitrogens with zero attached hydrogens (tertiary/aromatic N) is 3. The predicted molar refractivity (Wildman–Crippen MR) is 97.4 cm³/mol. The zero-order valence-electron chi connectivity index (χ0n) is 14.2. The molecule has 0 aliphatic rings. The van der Waals surface area contributed by atoms with E-state index in [2.05, 4.69) is 11.0 Å². The second-order valence-electron chi connectivity index (χ2n) is 6.19. The lowest BCUT2D eigenvalue weighted by Gasteiger charge is -2.10. The fourth-order valence-corrected chi connectivity index (χ4v) is 3.20. The van der Waals surface area contributed by atoms with Crippen LogP contribution in [0.25, 0.3) is 27.6 Å². The fourth-order valence-electron chi connectivity index (χ4n) is 3.20. The summed E-state index contributed by atoms with van der Waals surface area (Å²) in [6.07, 6.45) is 2.60. The number of hydrogen-bond donors (Lipinski definition) is 1. The van der Waals surface area contributed by atoms with Crippen molar-refractivity contribution in [1.82, 2.24) is 14.3 Å².